The molecule has 0 saturated heterocycles. The number of carbonyl (C=O) groups is 1. The van der Waals surface area contributed by atoms with Crippen LogP contribution < -0.4 is 0 Å². The van der Waals surface area contributed by atoms with Crippen LogP contribution in [0.1, 0.15) is 60.9 Å². The van der Waals surface area contributed by atoms with Crippen molar-refractivity contribution in [1.82, 2.24) is 0 Å². The molecule has 0 spiro atoms. The minimum Gasteiger partial charge on any atom is -0.299 e. The molecule has 1 aromatic carbocycles. The summed E-state index contributed by atoms with van der Waals surface area (Å²) in [6.07, 6.45) is 1.80. The third-order valence-electron chi connectivity index (χ3n) is 7.50. The molecule has 0 aliphatic heterocycles. The second kappa shape index (κ2) is 6.69. The maximum Gasteiger partial charge on any atom is 0.144 e. The largest absolute Gasteiger partial charge is 0.299 e. The molecule has 0 aromatic heterocycles. The molecule has 0 radical (unpaired) electrons. The van der Waals surface area contributed by atoms with Crippen LogP contribution >= 0.6 is 0 Å². The normalized spacial score (nSPS) is 27.6. The fraction of sp³-hybridized carbons (Fsp3) is 0.423. The van der Waals surface area contributed by atoms with Gasteiger partial charge in [-0.2, -0.15) is 0 Å². The van der Waals surface area contributed by atoms with Crippen molar-refractivity contribution in [2.24, 2.45) is 17.3 Å². The molecule has 0 N–H and O–H groups in total. The van der Waals surface area contributed by atoms with Gasteiger partial charge in [0.15, 0.2) is 0 Å². The van der Waals surface area contributed by atoms with Crippen molar-refractivity contribution in [2.75, 3.05) is 0 Å². The Morgan fingerprint density at radius 3 is 2.07 bits per heavy atom. The number of rotatable bonds is 3. The summed E-state index contributed by atoms with van der Waals surface area (Å²) in [4.78, 5) is 12.6. The van der Waals surface area contributed by atoms with Crippen molar-refractivity contribution in [3.05, 3.63) is 71.1 Å². The van der Waals surface area contributed by atoms with Crippen LogP contribution in [0.3, 0.4) is 0 Å². The smallest absolute Gasteiger partial charge is 0.144 e. The maximum atomic E-state index is 15.3. The Kier molecular flexibility index (Phi) is 4.90. The molecule has 3 rings (SSSR count). The first-order chi connectivity index (χ1) is 13.1. The van der Waals surface area contributed by atoms with Crippen molar-refractivity contribution < 1.29 is 9.18 Å². The van der Waals surface area contributed by atoms with Gasteiger partial charge in [0, 0.05) is 29.2 Å². The Hall–Kier alpha value is -2.22. The number of Topliss-reactive ketones (excluding diaryl/α,β-unsaturated/α-hetero) is 1. The molecule has 1 saturated carbocycles. The number of hydrogen-bond acceptors (Lipinski definition) is 1. The summed E-state index contributed by atoms with van der Waals surface area (Å²) in [6.45, 7) is 27.4. The van der Waals surface area contributed by atoms with Gasteiger partial charge < -0.3 is 0 Å². The molecule has 0 heterocycles. The van der Waals surface area contributed by atoms with Crippen LogP contribution in [-0.4, -0.2) is 5.78 Å². The number of fused-ring (bicyclic) bond motifs is 1. The highest BCUT2D eigenvalue weighted by Gasteiger charge is 2.53. The van der Waals surface area contributed by atoms with Crippen LogP contribution in [0.5, 0.6) is 0 Å². The third-order valence-corrected chi connectivity index (χ3v) is 7.50. The minimum absolute atomic E-state index is 0.183. The van der Waals surface area contributed by atoms with Crippen LogP contribution in [0.15, 0.2) is 37.5 Å². The summed E-state index contributed by atoms with van der Waals surface area (Å²) in [6, 6.07) is 0. The molecule has 1 fully saturated rings. The van der Waals surface area contributed by atoms with Gasteiger partial charge in [-0.25, -0.2) is 4.39 Å². The van der Waals surface area contributed by atoms with E-state index in [1.807, 2.05) is 27.7 Å². The number of carbonyl (C=O) groups excluding carboxylic acids is 1. The second-order valence-electron chi connectivity index (χ2n) is 8.48. The topological polar surface area (TPSA) is 17.1 Å². The molecule has 3 atom stereocenters. The van der Waals surface area contributed by atoms with Crippen LogP contribution in [0.2, 0.25) is 0 Å². The van der Waals surface area contributed by atoms with E-state index in [4.69, 9.17) is 0 Å². The predicted molar refractivity (Wildman–Crippen MR) is 117 cm³/mol. The zero-order valence-corrected chi connectivity index (χ0v) is 17.9. The summed E-state index contributed by atoms with van der Waals surface area (Å²) in [5.74, 6) is -0.413. The molecule has 0 amide bonds. The predicted octanol–water partition coefficient (Wildman–Crippen LogP) is 6.91. The second-order valence-corrected chi connectivity index (χ2v) is 8.48. The molecular formula is C26H31FO. The fourth-order valence-electron chi connectivity index (χ4n) is 5.68. The van der Waals surface area contributed by atoms with E-state index in [0.717, 1.165) is 51.8 Å². The highest BCUT2D eigenvalue weighted by Crippen LogP contribution is 2.63. The van der Waals surface area contributed by atoms with E-state index in [1.54, 1.807) is 0 Å². The van der Waals surface area contributed by atoms with Gasteiger partial charge in [-0.1, -0.05) is 51.3 Å². The van der Waals surface area contributed by atoms with Gasteiger partial charge in [0.1, 0.15) is 11.6 Å². The Morgan fingerprint density at radius 2 is 1.54 bits per heavy atom. The van der Waals surface area contributed by atoms with Crippen molar-refractivity contribution in [1.29, 1.82) is 0 Å². The Bertz CT molecular complexity index is 914. The molecule has 1 nitrogen and oxygen atoms in total. The van der Waals surface area contributed by atoms with E-state index in [0.29, 0.717) is 17.5 Å². The average molecular weight is 379 g/mol. The number of halogens is 1. The first-order valence-corrected chi connectivity index (χ1v) is 10.1. The van der Waals surface area contributed by atoms with E-state index in [9.17, 15) is 4.79 Å². The molecule has 1 aromatic rings. The van der Waals surface area contributed by atoms with Crippen molar-refractivity contribution in [3.8, 4) is 0 Å². The summed E-state index contributed by atoms with van der Waals surface area (Å²) in [7, 11) is 0. The first kappa shape index (κ1) is 20.5. The van der Waals surface area contributed by atoms with E-state index in [2.05, 4.69) is 33.2 Å². The van der Waals surface area contributed by atoms with Crippen LogP contribution in [0.25, 0.3) is 11.1 Å². The highest BCUT2D eigenvalue weighted by molar-refractivity contribution is 5.98. The molecule has 2 aliphatic rings. The maximum absolute atomic E-state index is 15.3. The van der Waals surface area contributed by atoms with E-state index in [-0.39, 0.29) is 23.4 Å². The third kappa shape index (κ3) is 2.33. The van der Waals surface area contributed by atoms with Gasteiger partial charge in [-0.05, 0) is 67.0 Å². The van der Waals surface area contributed by atoms with E-state index < -0.39 is 5.41 Å². The van der Waals surface area contributed by atoms with Gasteiger partial charge in [0.05, 0.1) is 0 Å². The van der Waals surface area contributed by atoms with E-state index >= 15 is 4.39 Å². The Morgan fingerprint density at radius 1 is 0.964 bits per heavy atom. The SMILES string of the molecule is C=C1c2c(C)c(C)c(C)c(F)c2C(=C)C1C1(CC)C(=C)CC(=O)C(CC)C1=C. The molecule has 0 bridgehead atoms. The lowest BCUT2D eigenvalue weighted by molar-refractivity contribution is -0.122. The lowest BCUT2D eigenvalue weighted by atomic mass is 9.54. The fourth-order valence-corrected chi connectivity index (χ4v) is 5.68. The van der Waals surface area contributed by atoms with Crippen LogP contribution in [0, 0.1) is 43.8 Å². The van der Waals surface area contributed by atoms with Crippen molar-refractivity contribution in [3.63, 3.8) is 0 Å². The minimum atomic E-state index is -0.511. The van der Waals surface area contributed by atoms with Crippen LogP contribution in [0.4, 0.5) is 4.39 Å². The van der Waals surface area contributed by atoms with Gasteiger partial charge in [-0.3, -0.25) is 4.79 Å². The Labute approximate surface area is 168 Å². The molecule has 2 aliphatic carbocycles. The number of benzene rings is 1. The number of allylic oxidation sites excluding steroid dienone is 4. The molecule has 2 heteroatoms. The lowest BCUT2D eigenvalue weighted by Crippen LogP contribution is -2.42. The standard InChI is InChI=1S/C26H31FO/c1-10-20-19(9)26(11-2,13(3)12-21(20)28)24-17(7)22-15(5)14(4)16(6)25(27)23(22)18(24)8/h20,24H,3,7-12H2,1-2,4-6H3. The van der Waals surface area contributed by atoms with Crippen molar-refractivity contribution >= 4 is 16.9 Å². The van der Waals surface area contributed by atoms with Gasteiger partial charge in [0.2, 0.25) is 0 Å². The summed E-state index contributed by atoms with van der Waals surface area (Å²) >= 11 is 0. The number of hydrogen-bond donors (Lipinski definition) is 0. The van der Waals surface area contributed by atoms with Gasteiger partial charge >= 0.3 is 0 Å². The monoisotopic (exact) mass is 378 g/mol. The van der Waals surface area contributed by atoms with Crippen molar-refractivity contribution in [2.45, 2.75) is 53.9 Å². The van der Waals surface area contributed by atoms with E-state index in [1.165, 1.54) is 0 Å². The molecule has 28 heavy (non-hydrogen) atoms. The molecular weight excluding hydrogens is 347 g/mol. The zero-order chi connectivity index (χ0) is 21.1. The summed E-state index contributed by atoms with van der Waals surface area (Å²) in [5.41, 5.74) is 7.03. The lowest BCUT2D eigenvalue weighted by Gasteiger charge is -2.48. The Balaban J connectivity index is 2.27. The van der Waals surface area contributed by atoms with Gasteiger partial charge in [0.25, 0.3) is 0 Å². The first-order valence-electron chi connectivity index (χ1n) is 10.1. The van der Waals surface area contributed by atoms with Crippen LogP contribution in [-0.2, 0) is 4.79 Å². The summed E-state index contributed by atoms with van der Waals surface area (Å²) < 4.78 is 15.3. The zero-order valence-electron chi connectivity index (χ0n) is 17.9. The number of ketones is 1. The average Bonchev–Trinajstić information content (AvgIpc) is 2.91. The highest BCUT2D eigenvalue weighted by atomic mass is 19.1. The summed E-state index contributed by atoms with van der Waals surface area (Å²) in [5, 5.41) is 0. The molecule has 3 unspecified atom stereocenters. The quantitative estimate of drug-likeness (QED) is 0.522. The van der Waals surface area contributed by atoms with Gasteiger partial charge in [-0.15, -0.1) is 0 Å². The molecule has 148 valence electrons.